The van der Waals surface area contributed by atoms with Crippen molar-refractivity contribution in [3.8, 4) is 5.75 Å². The standard InChI is InChI=1S/C18H18Cl2N2O3/c1-12(23)22(17-11-14(19)6-7-16(17)20)9-8-21-18(24)13-4-3-5-15(10-13)25-2/h3-7,10-11H,8-9H2,1-2H3,(H,21,24). The van der Waals surface area contributed by atoms with Gasteiger partial charge in [-0.15, -0.1) is 0 Å². The highest BCUT2D eigenvalue weighted by molar-refractivity contribution is 6.35. The minimum atomic E-state index is -0.250. The van der Waals surface area contributed by atoms with Crippen LogP contribution in [-0.4, -0.2) is 32.0 Å². The van der Waals surface area contributed by atoms with Crippen LogP contribution in [0.25, 0.3) is 0 Å². The number of nitrogens with one attached hydrogen (secondary N) is 1. The Kier molecular flexibility index (Phi) is 6.67. The Balaban J connectivity index is 2.03. The summed E-state index contributed by atoms with van der Waals surface area (Å²) in [6.45, 7) is 1.96. The van der Waals surface area contributed by atoms with Gasteiger partial charge >= 0.3 is 0 Å². The molecule has 0 fully saturated rings. The lowest BCUT2D eigenvalue weighted by molar-refractivity contribution is -0.116. The zero-order valence-electron chi connectivity index (χ0n) is 13.9. The summed E-state index contributed by atoms with van der Waals surface area (Å²) in [5, 5.41) is 3.67. The quantitative estimate of drug-likeness (QED) is 0.829. The molecule has 2 amide bonds. The van der Waals surface area contributed by atoms with E-state index in [9.17, 15) is 9.59 Å². The van der Waals surface area contributed by atoms with E-state index in [1.54, 1.807) is 42.5 Å². The first-order chi connectivity index (χ1) is 11.9. The van der Waals surface area contributed by atoms with Crippen LogP contribution in [0, 0.1) is 0 Å². The third-order valence-electron chi connectivity index (χ3n) is 3.53. The first-order valence-corrected chi connectivity index (χ1v) is 8.33. The maximum Gasteiger partial charge on any atom is 0.251 e. The molecule has 132 valence electrons. The molecule has 0 saturated heterocycles. The maximum absolute atomic E-state index is 12.2. The molecular weight excluding hydrogens is 363 g/mol. The molecule has 0 unspecified atom stereocenters. The Bertz CT molecular complexity index is 781. The fourth-order valence-electron chi connectivity index (χ4n) is 2.29. The average Bonchev–Trinajstić information content (AvgIpc) is 2.60. The van der Waals surface area contributed by atoms with Crippen LogP contribution in [0.1, 0.15) is 17.3 Å². The molecule has 0 radical (unpaired) electrons. The normalized spacial score (nSPS) is 10.2. The molecule has 2 aromatic carbocycles. The fraction of sp³-hybridized carbons (Fsp3) is 0.222. The number of nitrogens with zero attached hydrogens (tertiary/aromatic N) is 1. The van der Waals surface area contributed by atoms with Crippen molar-refractivity contribution in [2.45, 2.75) is 6.92 Å². The van der Waals surface area contributed by atoms with Gasteiger partial charge in [-0.05, 0) is 36.4 Å². The molecule has 5 nitrogen and oxygen atoms in total. The Labute approximate surface area is 156 Å². The van der Waals surface area contributed by atoms with Crippen molar-refractivity contribution in [3.05, 3.63) is 58.1 Å². The zero-order chi connectivity index (χ0) is 18.4. The Morgan fingerprint density at radius 3 is 2.60 bits per heavy atom. The number of hydrogen-bond donors (Lipinski definition) is 1. The molecule has 0 saturated carbocycles. The SMILES string of the molecule is COc1cccc(C(=O)NCCN(C(C)=O)c2cc(Cl)ccc2Cl)c1. The van der Waals surface area contributed by atoms with Crippen LogP contribution in [0.2, 0.25) is 10.0 Å². The van der Waals surface area contributed by atoms with Gasteiger partial charge in [-0.25, -0.2) is 0 Å². The van der Waals surface area contributed by atoms with Gasteiger partial charge in [-0.1, -0.05) is 29.3 Å². The second-order valence-corrected chi connectivity index (χ2v) is 6.10. The number of benzene rings is 2. The number of anilines is 1. The molecule has 25 heavy (non-hydrogen) atoms. The van der Waals surface area contributed by atoms with Crippen LogP contribution >= 0.6 is 23.2 Å². The molecule has 0 spiro atoms. The smallest absolute Gasteiger partial charge is 0.251 e. The highest BCUT2D eigenvalue weighted by Crippen LogP contribution is 2.29. The van der Waals surface area contributed by atoms with Gasteiger partial charge in [0, 0.05) is 30.6 Å². The van der Waals surface area contributed by atoms with Gasteiger partial charge < -0.3 is 15.0 Å². The maximum atomic E-state index is 12.2. The summed E-state index contributed by atoms with van der Waals surface area (Å²) >= 11 is 12.1. The van der Waals surface area contributed by atoms with Crippen molar-refractivity contribution in [3.63, 3.8) is 0 Å². The van der Waals surface area contributed by atoms with Gasteiger partial charge in [0.2, 0.25) is 5.91 Å². The van der Waals surface area contributed by atoms with Crippen molar-refractivity contribution in [2.24, 2.45) is 0 Å². The number of rotatable bonds is 6. The summed E-state index contributed by atoms with van der Waals surface area (Å²) in [7, 11) is 1.54. The van der Waals surface area contributed by atoms with Crippen molar-refractivity contribution in [2.75, 3.05) is 25.1 Å². The highest BCUT2D eigenvalue weighted by atomic mass is 35.5. The van der Waals surface area contributed by atoms with E-state index < -0.39 is 0 Å². The average molecular weight is 381 g/mol. The third kappa shape index (κ3) is 5.11. The van der Waals surface area contributed by atoms with Gasteiger partial charge in [0.15, 0.2) is 0 Å². The molecule has 7 heteroatoms. The molecule has 2 aromatic rings. The van der Waals surface area contributed by atoms with E-state index in [1.807, 2.05) is 0 Å². The van der Waals surface area contributed by atoms with Crippen molar-refractivity contribution >= 4 is 40.7 Å². The Hall–Kier alpha value is -2.24. The number of halogens is 2. The van der Waals surface area contributed by atoms with Crippen molar-refractivity contribution in [1.82, 2.24) is 5.32 Å². The number of carbonyl (C=O) groups excluding carboxylic acids is 2. The second-order valence-electron chi connectivity index (χ2n) is 5.25. The summed E-state index contributed by atoms with van der Waals surface area (Å²) in [5.41, 5.74) is 0.992. The lowest BCUT2D eigenvalue weighted by Gasteiger charge is -2.22. The molecule has 0 bridgehead atoms. The zero-order valence-corrected chi connectivity index (χ0v) is 15.4. The van der Waals surface area contributed by atoms with E-state index in [4.69, 9.17) is 27.9 Å². The molecule has 2 rings (SSSR count). The van der Waals surface area contributed by atoms with Crippen LogP contribution in [-0.2, 0) is 4.79 Å². The number of amides is 2. The van der Waals surface area contributed by atoms with Crippen molar-refractivity contribution < 1.29 is 14.3 Å². The molecule has 0 aliphatic carbocycles. The Morgan fingerprint density at radius 2 is 1.92 bits per heavy atom. The van der Waals surface area contributed by atoms with E-state index in [-0.39, 0.29) is 24.9 Å². The van der Waals surface area contributed by atoms with Gasteiger partial charge in [0.05, 0.1) is 17.8 Å². The van der Waals surface area contributed by atoms with E-state index in [0.29, 0.717) is 27.0 Å². The first kappa shape index (κ1) is 19.1. The number of hydrogen-bond acceptors (Lipinski definition) is 3. The lowest BCUT2D eigenvalue weighted by Crippen LogP contribution is -2.37. The summed E-state index contributed by atoms with van der Waals surface area (Å²) in [4.78, 5) is 25.6. The molecule has 0 aliphatic rings. The fourth-order valence-corrected chi connectivity index (χ4v) is 2.67. The number of carbonyl (C=O) groups is 2. The van der Waals surface area contributed by atoms with Gasteiger partial charge in [-0.3, -0.25) is 9.59 Å². The van der Waals surface area contributed by atoms with E-state index in [1.165, 1.54) is 18.9 Å². The monoisotopic (exact) mass is 380 g/mol. The molecule has 0 heterocycles. The minimum absolute atomic E-state index is 0.195. The predicted octanol–water partition coefficient (Wildman–Crippen LogP) is 3.78. The van der Waals surface area contributed by atoms with Crippen LogP contribution in [0.4, 0.5) is 5.69 Å². The van der Waals surface area contributed by atoms with E-state index in [2.05, 4.69) is 5.32 Å². The molecule has 0 aliphatic heterocycles. The minimum Gasteiger partial charge on any atom is -0.497 e. The molecule has 0 atom stereocenters. The van der Waals surface area contributed by atoms with Crippen LogP contribution in [0.15, 0.2) is 42.5 Å². The van der Waals surface area contributed by atoms with Gasteiger partial charge in [0.25, 0.3) is 5.91 Å². The van der Waals surface area contributed by atoms with Crippen LogP contribution in [0.5, 0.6) is 5.75 Å². The van der Waals surface area contributed by atoms with Crippen molar-refractivity contribution in [1.29, 1.82) is 0 Å². The summed E-state index contributed by atoms with van der Waals surface area (Å²) in [6.07, 6.45) is 0. The molecule has 1 N–H and O–H groups in total. The molecule has 0 aromatic heterocycles. The van der Waals surface area contributed by atoms with Gasteiger partial charge in [-0.2, -0.15) is 0 Å². The summed E-state index contributed by atoms with van der Waals surface area (Å²) in [5.74, 6) is 0.156. The largest absolute Gasteiger partial charge is 0.497 e. The molecular formula is C18H18Cl2N2O3. The first-order valence-electron chi connectivity index (χ1n) is 7.57. The second kappa shape index (κ2) is 8.74. The van der Waals surface area contributed by atoms with Crippen LogP contribution < -0.4 is 15.0 Å². The van der Waals surface area contributed by atoms with Crippen LogP contribution in [0.3, 0.4) is 0 Å². The third-order valence-corrected chi connectivity index (χ3v) is 4.09. The summed E-state index contributed by atoms with van der Waals surface area (Å²) in [6, 6.07) is 11.7. The van der Waals surface area contributed by atoms with Gasteiger partial charge in [0.1, 0.15) is 5.75 Å². The van der Waals surface area contributed by atoms with E-state index >= 15 is 0 Å². The Morgan fingerprint density at radius 1 is 1.16 bits per heavy atom. The lowest BCUT2D eigenvalue weighted by atomic mass is 10.2. The summed E-state index contributed by atoms with van der Waals surface area (Å²) < 4.78 is 5.10. The highest BCUT2D eigenvalue weighted by Gasteiger charge is 2.16. The predicted molar refractivity (Wildman–Crippen MR) is 99.8 cm³/mol. The number of ether oxygens (including phenoxy) is 1. The van der Waals surface area contributed by atoms with E-state index in [0.717, 1.165) is 0 Å². The number of methoxy groups -OCH3 is 1. The topological polar surface area (TPSA) is 58.6 Å².